The Morgan fingerprint density at radius 3 is 0.758 bits per heavy atom. The van der Waals surface area contributed by atoms with Gasteiger partial charge in [-0.05, 0) is 92.1 Å². The Balaban J connectivity index is 1.10. The van der Waals surface area contributed by atoms with Gasteiger partial charge in [0, 0.05) is 16.7 Å². The molecule has 4 heterocycles. The molecule has 4 aromatic heterocycles. The predicted molar refractivity (Wildman–Crippen MR) is 267 cm³/mol. The fraction of sp³-hybridized carbons (Fsp3) is 0.556. The number of hydrogen-bond acceptors (Lipinski definition) is 9. The topological polar surface area (TPSA) is 118 Å². The molecule has 0 amide bonds. The standard InChI is InChI=1S/C54H75N9O3/c1-4-7-10-13-16-19-22-25-40-64-46-34-28-43(29-35-46)49-55-58-52-61(49)53-59-56-50(44-30-36-47(37-31-44)65-41-26-23-20-17-14-11-8-5-2)63(53)54-60-57-51(62(52)54)45-32-38-48(39-33-45)66-42-27-24-21-18-15-12-9-6-3/h28-39H,4-27,40-42H2,1-3H3. The van der Waals surface area contributed by atoms with Crippen LogP contribution in [0, 0.1) is 0 Å². The lowest BCUT2D eigenvalue weighted by atomic mass is 10.1. The maximum Gasteiger partial charge on any atom is 0.247 e. The van der Waals surface area contributed by atoms with Gasteiger partial charge in [0.25, 0.3) is 0 Å². The summed E-state index contributed by atoms with van der Waals surface area (Å²) in [6.07, 6.45) is 30.4. The van der Waals surface area contributed by atoms with E-state index in [1.165, 1.54) is 135 Å². The molecule has 0 spiro atoms. The summed E-state index contributed by atoms with van der Waals surface area (Å²) >= 11 is 0. The van der Waals surface area contributed by atoms with Crippen molar-refractivity contribution in [3.8, 4) is 51.4 Å². The summed E-state index contributed by atoms with van der Waals surface area (Å²) in [6, 6.07) is 24.2. The van der Waals surface area contributed by atoms with Gasteiger partial charge in [0.1, 0.15) is 17.2 Å². The number of ether oxygens (including phenoxy) is 3. The van der Waals surface area contributed by atoms with Crippen LogP contribution in [-0.2, 0) is 0 Å². The lowest BCUT2D eigenvalue weighted by Gasteiger charge is -2.10. The van der Waals surface area contributed by atoms with Crippen molar-refractivity contribution in [1.29, 1.82) is 0 Å². The molecule has 0 aliphatic carbocycles. The van der Waals surface area contributed by atoms with E-state index in [0.717, 1.165) is 53.2 Å². The molecule has 0 saturated carbocycles. The summed E-state index contributed by atoms with van der Waals surface area (Å²) < 4.78 is 24.3. The van der Waals surface area contributed by atoms with Crippen LogP contribution in [0.4, 0.5) is 0 Å². The molecule has 66 heavy (non-hydrogen) atoms. The molecule has 12 heteroatoms. The molecule has 0 N–H and O–H groups in total. The van der Waals surface area contributed by atoms with Crippen LogP contribution in [0.1, 0.15) is 175 Å². The van der Waals surface area contributed by atoms with Gasteiger partial charge in [-0.2, -0.15) is 0 Å². The minimum absolute atomic E-state index is 0.529. The molecule has 354 valence electrons. The van der Waals surface area contributed by atoms with Gasteiger partial charge in [0.15, 0.2) is 17.5 Å². The number of hydrogen-bond donors (Lipinski definition) is 0. The summed E-state index contributed by atoms with van der Waals surface area (Å²) in [5, 5.41) is 28.5. The highest BCUT2D eigenvalue weighted by molar-refractivity contribution is 5.72. The Kier molecular flexibility index (Phi) is 19.5. The van der Waals surface area contributed by atoms with Crippen molar-refractivity contribution in [1.82, 2.24) is 43.8 Å². The second-order valence-corrected chi connectivity index (χ2v) is 18.0. The summed E-state index contributed by atoms with van der Waals surface area (Å²) in [7, 11) is 0. The number of nitrogens with zero attached hydrogens (tertiary/aromatic N) is 9. The van der Waals surface area contributed by atoms with E-state index in [2.05, 4.69) is 20.8 Å². The molecular formula is C54H75N9O3. The first kappa shape index (κ1) is 48.4. The zero-order valence-electron chi connectivity index (χ0n) is 40.3. The van der Waals surface area contributed by atoms with Gasteiger partial charge in [-0.1, -0.05) is 156 Å². The third kappa shape index (κ3) is 13.3. The van der Waals surface area contributed by atoms with E-state index in [9.17, 15) is 0 Å². The molecule has 0 radical (unpaired) electrons. The quantitative estimate of drug-likeness (QED) is 0.0371. The molecule has 0 bridgehead atoms. The van der Waals surface area contributed by atoms with E-state index in [4.69, 9.17) is 44.8 Å². The molecular weight excluding hydrogens is 823 g/mol. The van der Waals surface area contributed by atoms with E-state index < -0.39 is 0 Å². The highest BCUT2D eigenvalue weighted by Gasteiger charge is 2.25. The van der Waals surface area contributed by atoms with E-state index in [1.807, 2.05) is 86.0 Å². The smallest absolute Gasteiger partial charge is 0.247 e. The normalized spacial score (nSPS) is 11.7. The predicted octanol–water partition coefficient (Wildman–Crippen LogP) is 14.4. The van der Waals surface area contributed by atoms with Gasteiger partial charge < -0.3 is 14.2 Å². The lowest BCUT2D eigenvalue weighted by Crippen LogP contribution is -2.07. The second-order valence-electron chi connectivity index (χ2n) is 18.0. The first-order valence-corrected chi connectivity index (χ1v) is 25.8. The highest BCUT2D eigenvalue weighted by Crippen LogP contribution is 2.31. The Morgan fingerprint density at radius 1 is 0.288 bits per heavy atom. The minimum atomic E-state index is 0.529. The van der Waals surface area contributed by atoms with Crippen LogP contribution in [0.25, 0.3) is 51.5 Å². The lowest BCUT2D eigenvalue weighted by molar-refractivity contribution is 0.304. The van der Waals surface area contributed by atoms with Crippen molar-refractivity contribution < 1.29 is 14.2 Å². The Labute approximate surface area is 392 Å². The molecule has 7 aromatic rings. The number of benzene rings is 3. The summed E-state index contributed by atoms with van der Waals surface area (Å²) in [4.78, 5) is 0. The Bertz CT molecular complexity index is 2140. The molecule has 0 saturated heterocycles. The number of aromatic nitrogens is 9. The summed E-state index contributed by atoms with van der Waals surface area (Å²) in [5.41, 5.74) is 2.62. The number of fused-ring (bicyclic) bond motifs is 6. The number of rotatable bonds is 33. The second kappa shape index (κ2) is 26.6. The van der Waals surface area contributed by atoms with Crippen molar-refractivity contribution >= 4 is 17.3 Å². The third-order valence-corrected chi connectivity index (χ3v) is 12.7. The molecule has 12 nitrogen and oxygen atoms in total. The molecule has 0 fully saturated rings. The van der Waals surface area contributed by atoms with Crippen LogP contribution in [0.15, 0.2) is 72.8 Å². The fourth-order valence-corrected chi connectivity index (χ4v) is 8.75. The Hall–Kier alpha value is -5.52. The molecule has 0 unspecified atom stereocenters. The largest absolute Gasteiger partial charge is 0.494 e. The number of unbranched alkanes of at least 4 members (excludes halogenated alkanes) is 21. The van der Waals surface area contributed by atoms with E-state index in [1.54, 1.807) is 0 Å². The average molecular weight is 898 g/mol. The monoisotopic (exact) mass is 898 g/mol. The first-order valence-electron chi connectivity index (χ1n) is 25.8. The molecule has 0 aliphatic heterocycles. The maximum absolute atomic E-state index is 6.16. The van der Waals surface area contributed by atoms with Crippen molar-refractivity contribution in [2.75, 3.05) is 19.8 Å². The Morgan fingerprint density at radius 2 is 0.515 bits per heavy atom. The average Bonchev–Trinajstić information content (AvgIpc) is 4.11. The highest BCUT2D eigenvalue weighted by atomic mass is 16.5. The zero-order valence-corrected chi connectivity index (χ0v) is 40.3. The van der Waals surface area contributed by atoms with Gasteiger partial charge in [0.05, 0.1) is 19.8 Å². The van der Waals surface area contributed by atoms with Crippen molar-refractivity contribution in [2.24, 2.45) is 0 Å². The molecule has 0 atom stereocenters. The van der Waals surface area contributed by atoms with Crippen LogP contribution in [-0.4, -0.2) is 63.6 Å². The molecule has 0 aliphatic rings. The van der Waals surface area contributed by atoms with E-state index >= 15 is 0 Å². The van der Waals surface area contributed by atoms with Crippen LogP contribution >= 0.6 is 0 Å². The van der Waals surface area contributed by atoms with Crippen molar-refractivity contribution in [3.63, 3.8) is 0 Å². The minimum Gasteiger partial charge on any atom is -0.494 e. The zero-order chi connectivity index (χ0) is 45.6. The van der Waals surface area contributed by atoms with E-state index in [-0.39, 0.29) is 0 Å². The van der Waals surface area contributed by atoms with Gasteiger partial charge in [-0.3, -0.25) is 0 Å². The summed E-state index contributed by atoms with van der Waals surface area (Å²) in [6.45, 7) is 8.91. The maximum atomic E-state index is 6.16. The SMILES string of the molecule is CCCCCCCCCCOc1ccc(-c2nnc3n2c2nnc(-c4ccc(OCCCCCCCCCC)cc4)n2c2nnc(-c4ccc(OCCCCCCCCCC)cc4)n32)cc1. The van der Waals surface area contributed by atoms with Crippen molar-refractivity contribution in [2.45, 2.75) is 175 Å². The van der Waals surface area contributed by atoms with Gasteiger partial charge in [0.2, 0.25) is 17.3 Å². The van der Waals surface area contributed by atoms with Gasteiger partial charge >= 0.3 is 0 Å². The van der Waals surface area contributed by atoms with Crippen LogP contribution in [0.2, 0.25) is 0 Å². The van der Waals surface area contributed by atoms with Gasteiger partial charge in [-0.25, -0.2) is 13.2 Å². The van der Waals surface area contributed by atoms with E-state index in [0.29, 0.717) is 54.6 Å². The summed E-state index contributed by atoms with van der Waals surface area (Å²) in [5.74, 6) is 5.97. The van der Waals surface area contributed by atoms with Crippen LogP contribution in [0.3, 0.4) is 0 Å². The molecule has 7 rings (SSSR count). The van der Waals surface area contributed by atoms with Crippen LogP contribution < -0.4 is 14.2 Å². The molecule has 3 aromatic carbocycles. The van der Waals surface area contributed by atoms with Crippen molar-refractivity contribution in [3.05, 3.63) is 72.8 Å². The van der Waals surface area contributed by atoms with Gasteiger partial charge in [-0.15, -0.1) is 30.6 Å². The fourth-order valence-electron chi connectivity index (χ4n) is 8.75. The van der Waals surface area contributed by atoms with Crippen LogP contribution in [0.5, 0.6) is 17.2 Å². The third-order valence-electron chi connectivity index (χ3n) is 12.7. The first-order chi connectivity index (χ1) is 32.7.